The van der Waals surface area contributed by atoms with E-state index in [0.717, 1.165) is 60.6 Å². The molecule has 0 bridgehead atoms. The average molecular weight is 415 g/mol. The first-order valence-electron chi connectivity index (χ1n) is 11.1. The van der Waals surface area contributed by atoms with Gasteiger partial charge in [-0.2, -0.15) is 5.10 Å². The molecule has 2 aliphatic rings. The summed E-state index contributed by atoms with van der Waals surface area (Å²) < 4.78 is 4.33. The van der Waals surface area contributed by atoms with Gasteiger partial charge in [-0.3, -0.25) is 4.68 Å². The van der Waals surface area contributed by atoms with E-state index in [-0.39, 0.29) is 0 Å². The molecule has 2 fully saturated rings. The van der Waals surface area contributed by atoms with Gasteiger partial charge in [-0.05, 0) is 56.8 Å². The van der Waals surface area contributed by atoms with Crippen molar-refractivity contribution in [2.24, 2.45) is 5.92 Å². The van der Waals surface area contributed by atoms with Crippen LogP contribution in [0.1, 0.15) is 31.7 Å². The molecule has 8 nitrogen and oxygen atoms in total. The third-order valence-electron chi connectivity index (χ3n) is 6.38. The van der Waals surface area contributed by atoms with Gasteiger partial charge >= 0.3 is 0 Å². The lowest BCUT2D eigenvalue weighted by Gasteiger charge is -2.22. The maximum absolute atomic E-state index is 6.30. The number of para-hydroxylation sites is 2. The summed E-state index contributed by atoms with van der Waals surface area (Å²) in [5, 5.41) is 8.01. The maximum Gasteiger partial charge on any atom is 0.163 e. The Hall–Kier alpha value is -3.26. The summed E-state index contributed by atoms with van der Waals surface area (Å²) in [5.74, 6) is 1.91. The zero-order valence-electron chi connectivity index (χ0n) is 17.4. The fraction of sp³-hybridized carbons (Fsp3) is 0.391. The van der Waals surface area contributed by atoms with Crippen LogP contribution >= 0.6 is 0 Å². The zero-order chi connectivity index (χ0) is 20.8. The van der Waals surface area contributed by atoms with Gasteiger partial charge in [0.2, 0.25) is 0 Å². The molecular weight excluding hydrogens is 388 g/mol. The molecular formula is C23H26N8. The van der Waals surface area contributed by atoms with Crippen molar-refractivity contribution in [1.29, 1.82) is 0 Å². The molecule has 0 radical (unpaired) electrons. The summed E-state index contributed by atoms with van der Waals surface area (Å²) in [4.78, 5) is 14.3. The number of nitrogens with zero attached hydrogens (tertiary/aromatic N) is 6. The highest BCUT2D eigenvalue weighted by atomic mass is 15.3. The van der Waals surface area contributed by atoms with Crippen molar-refractivity contribution in [2.75, 3.05) is 18.8 Å². The SMILES string of the molecule is Nc1ncc(-c2cnn(C3CCNCC3)c2)nc1-c1nc2ccccc2n1CC1CC1. The number of nitrogen functional groups attached to an aromatic ring is 1. The van der Waals surface area contributed by atoms with Gasteiger partial charge in [-0.25, -0.2) is 15.0 Å². The number of hydrogen-bond donors (Lipinski definition) is 2. The second-order valence-corrected chi connectivity index (χ2v) is 8.66. The standard InChI is InChI=1S/C23H26N8/c24-22-21(23-29-18-3-1-2-4-20(18)30(23)13-15-5-6-15)28-19(12-26-22)16-11-27-31(14-16)17-7-9-25-10-8-17/h1-4,11-12,14-15,17,25H,5-10,13H2,(H2,24,26). The first kappa shape index (κ1) is 18.5. The van der Waals surface area contributed by atoms with E-state index in [2.05, 4.69) is 43.0 Å². The minimum atomic E-state index is 0.404. The Labute approximate surface area is 180 Å². The Bertz CT molecular complexity index is 1230. The summed E-state index contributed by atoms with van der Waals surface area (Å²) in [5.41, 5.74) is 10.8. The van der Waals surface area contributed by atoms with Crippen molar-refractivity contribution < 1.29 is 0 Å². The van der Waals surface area contributed by atoms with Crippen molar-refractivity contribution in [3.63, 3.8) is 0 Å². The lowest BCUT2D eigenvalue weighted by molar-refractivity contribution is 0.343. The maximum atomic E-state index is 6.30. The molecule has 3 aromatic heterocycles. The van der Waals surface area contributed by atoms with Crippen LogP contribution in [0.15, 0.2) is 42.9 Å². The Kier molecular flexibility index (Phi) is 4.45. The molecule has 1 aliphatic carbocycles. The van der Waals surface area contributed by atoms with E-state index in [1.807, 2.05) is 18.3 Å². The van der Waals surface area contributed by atoms with E-state index in [4.69, 9.17) is 15.7 Å². The Morgan fingerprint density at radius 2 is 1.87 bits per heavy atom. The lowest BCUT2D eigenvalue weighted by atomic mass is 10.1. The second kappa shape index (κ2) is 7.46. The van der Waals surface area contributed by atoms with Crippen LogP contribution in [0, 0.1) is 5.92 Å². The van der Waals surface area contributed by atoms with Crippen LogP contribution in [0.25, 0.3) is 33.8 Å². The predicted octanol–water partition coefficient (Wildman–Crippen LogP) is 3.27. The predicted molar refractivity (Wildman–Crippen MR) is 120 cm³/mol. The minimum Gasteiger partial charge on any atom is -0.382 e. The van der Waals surface area contributed by atoms with Crippen molar-refractivity contribution in [3.05, 3.63) is 42.9 Å². The van der Waals surface area contributed by atoms with Gasteiger partial charge in [-0.15, -0.1) is 0 Å². The van der Waals surface area contributed by atoms with E-state index in [0.29, 0.717) is 23.5 Å². The summed E-state index contributed by atoms with van der Waals surface area (Å²) in [6.45, 7) is 3.00. The number of nitrogens with two attached hydrogens (primary N) is 1. The van der Waals surface area contributed by atoms with Crippen LogP contribution in [0.5, 0.6) is 0 Å². The highest BCUT2D eigenvalue weighted by Crippen LogP contribution is 2.35. The molecule has 1 saturated carbocycles. The quantitative estimate of drug-likeness (QED) is 0.520. The third kappa shape index (κ3) is 3.46. The number of rotatable bonds is 5. The molecule has 4 heterocycles. The fourth-order valence-electron chi connectivity index (χ4n) is 4.44. The first-order chi connectivity index (χ1) is 15.3. The molecule has 1 aliphatic heterocycles. The van der Waals surface area contributed by atoms with Crippen LogP contribution in [-0.4, -0.2) is 42.4 Å². The molecule has 4 aromatic rings. The number of aromatic nitrogens is 6. The topological polar surface area (TPSA) is 99.5 Å². The highest BCUT2D eigenvalue weighted by Gasteiger charge is 2.26. The van der Waals surface area contributed by atoms with E-state index in [9.17, 15) is 0 Å². The minimum absolute atomic E-state index is 0.404. The van der Waals surface area contributed by atoms with Gasteiger partial charge in [-0.1, -0.05) is 12.1 Å². The first-order valence-corrected chi connectivity index (χ1v) is 11.1. The molecule has 0 atom stereocenters. The van der Waals surface area contributed by atoms with Crippen LogP contribution in [0.3, 0.4) is 0 Å². The molecule has 0 unspecified atom stereocenters. The van der Waals surface area contributed by atoms with E-state index < -0.39 is 0 Å². The van der Waals surface area contributed by atoms with Gasteiger partial charge in [0, 0.05) is 18.3 Å². The summed E-state index contributed by atoms with van der Waals surface area (Å²) in [6.07, 6.45) is 10.4. The average Bonchev–Trinajstić information content (AvgIpc) is 3.36. The number of fused-ring (bicyclic) bond motifs is 1. The van der Waals surface area contributed by atoms with Gasteiger partial charge in [0.25, 0.3) is 0 Å². The molecule has 0 amide bonds. The summed E-state index contributed by atoms with van der Waals surface area (Å²) in [6, 6.07) is 8.65. The van der Waals surface area contributed by atoms with Crippen LogP contribution in [0.2, 0.25) is 0 Å². The van der Waals surface area contributed by atoms with Gasteiger partial charge in [0.1, 0.15) is 5.69 Å². The highest BCUT2D eigenvalue weighted by molar-refractivity contribution is 5.82. The number of benzene rings is 1. The Balaban J connectivity index is 1.40. The third-order valence-corrected chi connectivity index (χ3v) is 6.38. The van der Waals surface area contributed by atoms with Crippen molar-refractivity contribution in [2.45, 2.75) is 38.3 Å². The van der Waals surface area contributed by atoms with Crippen LogP contribution in [-0.2, 0) is 6.54 Å². The molecule has 1 saturated heterocycles. The van der Waals surface area contributed by atoms with Crippen molar-refractivity contribution in [3.8, 4) is 22.8 Å². The van der Waals surface area contributed by atoms with E-state index >= 15 is 0 Å². The number of anilines is 1. The van der Waals surface area contributed by atoms with Crippen molar-refractivity contribution in [1.82, 2.24) is 34.6 Å². The molecule has 1 aromatic carbocycles. The van der Waals surface area contributed by atoms with E-state index in [1.165, 1.54) is 12.8 Å². The second-order valence-electron chi connectivity index (χ2n) is 8.66. The summed E-state index contributed by atoms with van der Waals surface area (Å²) in [7, 11) is 0. The molecule has 6 rings (SSSR count). The van der Waals surface area contributed by atoms with E-state index in [1.54, 1.807) is 6.20 Å². The van der Waals surface area contributed by atoms with Gasteiger partial charge < -0.3 is 15.6 Å². The Morgan fingerprint density at radius 3 is 2.71 bits per heavy atom. The number of piperidine rings is 1. The molecule has 158 valence electrons. The molecule has 3 N–H and O–H groups in total. The number of imidazole rings is 1. The van der Waals surface area contributed by atoms with Crippen molar-refractivity contribution >= 4 is 16.9 Å². The zero-order valence-corrected chi connectivity index (χ0v) is 17.4. The number of nitrogens with one attached hydrogen (secondary N) is 1. The summed E-state index contributed by atoms with van der Waals surface area (Å²) >= 11 is 0. The lowest BCUT2D eigenvalue weighted by Crippen LogP contribution is -2.29. The smallest absolute Gasteiger partial charge is 0.163 e. The number of hydrogen-bond acceptors (Lipinski definition) is 6. The fourth-order valence-corrected chi connectivity index (χ4v) is 4.44. The van der Waals surface area contributed by atoms with Crippen LogP contribution in [0.4, 0.5) is 5.82 Å². The van der Waals surface area contributed by atoms with Gasteiger partial charge in [0.05, 0.1) is 35.2 Å². The molecule has 31 heavy (non-hydrogen) atoms. The molecule has 0 spiro atoms. The largest absolute Gasteiger partial charge is 0.382 e. The monoisotopic (exact) mass is 414 g/mol. The molecule has 8 heteroatoms. The van der Waals surface area contributed by atoms with Gasteiger partial charge in [0.15, 0.2) is 11.6 Å². The Morgan fingerprint density at radius 1 is 1.03 bits per heavy atom. The van der Waals surface area contributed by atoms with Crippen LogP contribution < -0.4 is 11.1 Å². The normalized spacial score (nSPS) is 17.4.